The Morgan fingerprint density at radius 1 is 1.33 bits per heavy atom. The maximum Gasteiger partial charge on any atom is 0.103 e. The summed E-state index contributed by atoms with van der Waals surface area (Å²) in [7, 11) is 0. The molecule has 0 aliphatic heterocycles. The summed E-state index contributed by atoms with van der Waals surface area (Å²) in [6, 6.07) is 8.32. The number of hydrogen-bond acceptors (Lipinski definition) is 2. The van der Waals surface area contributed by atoms with Crippen LogP contribution < -0.4 is 5.73 Å². The largest absolute Gasteiger partial charge is 0.389 e. The fraction of sp³-hybridized carbons (Fsp3) is 0.533. The first-order valence-corrected chi connectivity index (χ1v) is 7.21. The van der Waals surface area contributed by atoms with Crippen LogP contribution >= 0.6 is 12.2 Å². The number of hydrogen-bond donors (Lipinski definition) is 1. The van der Waals surface area contributed by atoms with E-state index < -0.39 is 0 Å². The van der Waals surface area contributed by atoms with Crippen molar-refractivity contribution >= 4 is 17.2 Å². The van der Waals surface area contributed by atoms with Crippen molar-refractivity contribution in [3.63, 3.8) is 0 Å². The van der Waals surface area contributed by atoms with Crippen LogP contribution in [-0.4, -0.2) is 23.0 Å². The van der Waals surface area contributed by atoms with E-state index in [1.54, 1.807) is 0 Å². The zero-order valence-electron chi connectivity index (χ0n) is 11.1. The highest BCUT2D eigenvalue weighted by Crippen LogP contribution is 2.27. The third-order valence-electron chi connectivity index (χ3n) is 3.83. The van der Waals surface area contributed by atoms with Gasteiger partial charge in [0.1, 0.15) is 4.99 Å². The molecule has 1 aliphatic carbocycles. The molecule has 0 saturated heterocycles. The minimum Gasteiger partial charge on any atom is -0.389 e. The van der Waals surface area contributed by atoms with Gasteiger partial charge in [-0.15, -0.1) is 0 Å². The lowest BCUT2D eigenvalue weighted by Gasteiger charge is -2.31. The average Bonchev–Trinajstić information content (AvgIpc) is 2.32. The van der Waals surface area contributed by atoms with Crippen LogP contribution in [0.5, 0.6) is 0 Å². The second-order valence-corrected chi connectivity index (χ2v) is 5.63. The van der Waals surface area contributed by atoms with E-state index in [9.17, 15) is 0 Å². The van der Waals surface area contributed by atoms with Crippen molar-refractivity contribution in [2.75, 3.05) is 13.1 Å². The molecule has 1 saturated carbocycles. The zero-order valence-corrected chi connectivity index (χ0v) is 11.9. The van der Waals surface area contributed by atoms with E-state index in [0.29, 0.717) is 4.99 Å². The fourth-order valence-corrected chi connectivity index (χ4v) is 2.51. The van der Waals surface area contributed by atoms with E-state index in [-0.39, 0.29) is 0 Å². The standard InChI is InChI=1S/C15H22N2S/c1-2-17(10-12-4-3-5-12)11-13-6-8-14(9-7-13)15(16)18/h6-9,12H,2-5,10-11H2,1H3,(H2,16,18). The quantitative estimate of drug-likeness (QED) is 0.799. The van der Waals surface area contributed by atoms with Crippen LogP contribution in [0.4, 0.5) is 0 Å². The zero-order chi connectivity index (χ0) is 13.0. The number of nitrogens with zero attached hydrogens (tertiary/aromatic N) is 1. The van der Waals surface area contributed by atoms with E-state index in [4.69, 9.17) is 18.0 Å². The molecule has 1 aromatic carbocycles. The third kappa shape index (κ3) is 3.53. The second kappa shape index (κ2) is 6.30. The van der Waals surface area contributed by atoms with Crippen molar-refractivity contribution in [3.8, 4) is 0 Å². The summed E-state index contributed by atoms with van der Waals surface area (Å²) < 4.78 is 0. The lowest BCUT2D eigenvalue weighted by Crippen LogP contribution is -2.32. The molecule has 0 atom stereocenters. The van der Waals surface area contributed by atoms with Crippen LogP contribution in [0.1, 0.15) is 37.3 Å². The summed E-state index contributed by atoms with van der Waals surface area (Å²) in [5.74, 6) is 0.931. The van der Waals surface area contributed by atoms with Gasteiger partial charge >= 0.3 is 0 Å². The van der Waals surface area contributed by atoms with Crippen molar-refractivity contribution in [3.05, 3.63) is 35.4 Å². The molecule has 0 bridgehead atoms. The fourth-order valence-electron chi connectivity index (χ4n) is 2.38. The van der Waals surface area contributed by atoms with Crippen LogP contribution in [-0.2, 0) is 6.54 Å². The van der Waals surface area contributed by atoms with Gasteiger partial charge < -0.3 is 5.73 Å². The smallest absolute Gasteiger partial charge is 0.103 e. The Labute approximate surface area is 115 Å². The molecule has 98 valence electrons. The van der Waals surface area contributed by atoms with E-state index >= 15 is 0 Å². The normalized spacial score (nSPS) is 15.7. The van der Waals surface area contributed by atoms with Crippen molar-refractivity contribution in [1.82, 2.24) is 4.90 Å². The van der Waals surface area contributed by atoms with Crippen molar-refractivity contribution in [2.45, 2.75) is 32.7 Å². The van der Waals surface area contributed by atoms with Crippen LogP contribution in [0.2, 0.25) is 0 Å². The average molecular weight is 262 g/mol. The Kier molecular flexibility index (Phi) is 4.72. The number of nitrogens with two attached hydrogens (primary N) is 1. The Bertz CT molecular complexity index is 395. The highest BCUT2D eigenvalue weighted by molar-refractivity contribution is 7.80. The Balaban J connectivity index is 1.91. The van der Waals surface area contributed by atoms with E-state index in [1.807, 2.05) is 12.1 Å². The van der Waals surface area contributed by atoms with Crippen molar-refractivity contribution in [2.24, 2.45) is 11.7 Å². The lowest BCUT2D eigenvalue weighted by molar-refractivity contribution is 0.178. The molecule has 0 heterocycles. The first-order chi connectivity index (χ1) is 8.69. The SMILES string of the molecule is CCN(Cc1ccc(C(N)=S)cc1)CC1CCC1. The first-order valence-electron chi connectivity index (χ1n) is 6.80. The summed E-state index contributed by atoms with van der Waals surface area (Å²) in [6.45, 7) is 5.63. The molecule has 3 heteroatoms. The van der Waals surface area contributed by atoms with Gasteiger partial charge in [-0.25, -0.2) is 0 Å². The predicted molar refractivity (Wildman–Crippen MR) is 80.6 cm³/mol. The maximum absolute atomic E-state index is 5.60. The van der Waals surface area contributed by atoms with E-state index in [1.165, 1.54) is 31.4 Å². The van der Waals surface area contributed by atoms with Gasteiger partial charge in [-0.2, -0.15) is 0 Å². The van der Waals surface area contributed by atoms with Crippen LogP contribution in [0.25, 0.3) is 0 Å². The van der Waals surface area contributed by atoms with Crippen molar-refractivity contribution < 1.29 is 0 Å². The van der Waals surface area contributed by atoms with E-state index in [2.05, 4.69) is 24.0 Å². The molecule has 0 amide bonds. The molecular formula is C15H22N2S. The Morgan fingerprint density at radius 2 is 2.00 bits per heavy atom. The monoisotopic (exact) mass is 262 g/mol. The third-order valence-corrected chi connectivity index (χ3v) is 4.07. The first kappa shape index (κ1) is 13.5. The van der Waals surface area contributed by atoms with Gasteiger partial charge in [0.15, 0.2) is 0 Å². The van der Waals surface area contributed by atoms with Gasteiger partial charge in [-0.05, 0) is 30.9 Å². The van der Waals surface area contributed by atoms with Gasteiger partial charge in [0.25, 0.3) is 0 Å². The maximum atomic E-state index is 5.60. The van der Waals surface area contributed by atoms with Gasteiger partial charge in [-0.3, -0.25) is 4.90 Å². The summed E-state index contributed by atoms with van der Waals surface area (Å²) >= 11 is 4.96. The highest BCUT2D eigenvalue weighted by Gasteiger charge is 2.19. The summed E-state index contributed by atoms with van der Waals surface area (Å²) in [5.41, 5.74) is 7.90. The lowest BCUT2D eigenvalue weighted by atomic mass is 9.85. The second-order valence-electron chi connectivity index (χ2n) is 5.19. The molecule has 2 N–H and O–H groups in total. The van der Waals surface area contributed by atoms with Gasteiger partial charge in [0.05, 0.1) is 0 Å². The summed E-state index contributed by atoms with van der Waals surface area (Å²) in [6.07, 6.45) is 4.25. The Morgan fingerprint density at radius 3 is 2.44 bits per heavy atom. The highest BCUT2D eigenvalue weighted by atomic mass is 32.1. The molecule has 18 heavy (non-hydrogen) atoms. The van der Waals surface area contributed by atoms with Gasteiger partial charge in [-0.1, -0.05) is 49.8 Å². The molecular weight excluding hydrogens is 240 g/mol. The topological polar surface area (TPSA) is 29.3 Å². The number of thiocarbonyl (C=S) groups is 1. The van der Waals surface area contributed by atoms with Gasteiger partial charge in [0, 0.05) is 18.7 Å². The molecule has 2 rings (SSSR count). The van der Waals surface area contributed by atoms with Crippen molar-refractivity contribution in [1.29, 1.82) is 0 Å². The molecule has 1 aliphatic rings. The van der Waals surface area contributed by atoms with Crippen LogP contribution in [0, 0.1) is 5.92 Å². The van der Waals surface area contributed by atoms with Crippen LogP contribution in [0.3, 0.4) is 0 Å². The number of benzene rings is 1. The minimum atomic E-state index is 0.475. The van der Waals surface area contributed by atoms with E-state index in [0.717, 1.165) is 24.6 Å². The molecule has 0 radical (unpaired) electrons. The molecule has 1 fully saturated rings. The number of rotatable bonds is 6. The predicted octanol–water partition coefficient (Wildman–Crippen LogP) is 2.94. The Hall–Kier alpha value is -0.930. The van der Waals surface area contributed by atoms with Gasteiger partial charge in [0.2, 0.25) is 0 Å². The summed E-state index contributed by atoms with van der Waals surface area (Å²) in [4.78, 5) is 3.00. The molecule has 0 aromatic heterocycles. The molecule has 2 nitrogen and oxygen atoms in total. The minimum absolute atomic E-state index is 0.475. The molecule has 0 unspecified atom stereocenters. The summed E-state index contributed by atoms with van der Waals surface area (Å²) in [5, 5.41) is 0. The van der Waals surface area contributed by atoms with Crippen LogP contribution in [0.15, 0.2) is 24.3 Å². The molecule has 1 aromatic rings. The molecule has 0 spiro atoms.